The van der Waals surface area contributed by atoms with Crippen molar-refractivity contribution < 1.29 is 15.0 Å². The number of phenolic OH excluding ortho intramolecular Hbond substituents is 2. The van der Waals surface area contributed by atoms with E-state index >= 15 is 0 Å². The van der Waals surface area contributed by atoms with Crippen LogP contribution in [0.1, 0.15) is 23.2 Å². The summed E-state index contributed by atoms with van der Waals surface area (Å²) in [4.78, 5) is 11.8. The van der Waals surface area contributed by atoms with E-state index in [1.807, 2.05) is 6.26 Å². The standard InChI is InChI=1S/C12H15NO3S/c1-17-12(5-6-12)7-13-11(16)10-8(14)3-2-4-9(10)15/h2-4,14-15H,5-7H2,1H3,(H,13,16). The van der Waals surface area contributed by atoms with Crippen LogP contribution in [-0.2, 0) is 0 Å². The highest BCUT2D eigenvalue weighted by Gasteiger charge is 2.42. The molecule has 0 saturated heterocycles. The predicted octanol–water partition coefficient (Wildman–Crippen LogP) is 1.72. The number of amides is 1. The molecule has 0 radical (unpaired) electrons. The van der Waals surface area contributed by atoms with E-state index in [2.05, 4.69) is 5.32 Å². The van der Waals surface area contributed by atoms with Crippen LogP contribution in [-0.4, -0.2) is 33.7 Å². The number of rotatable bonds is 4. The number of carbonyl (C=O) groups is 1. The number of aromatic hydroxyl groups is 2. The minimum absolute atomic E-state index is 0.0515. The molecule has 1 amide bonds. The van der Waals surface area contributed by atoms with Gasteiger partial charge in [-0.05, 0) is 31.2 Å². The molecule has 1 aliphatic carbocycles. The number of benzene rings is 1. The second-order valence-electron chi connectivity index (χ2n) is 4.24. The maximum atomic E-state index is 11.8. The van der Waals surface area contributed by atoms with Gasteiger partial charge in [-0.1, -0.05) is 6.07 Å². The Morgan fingerprint density at radius 3 is 2.47 bits per heavy atom. The van der Waals surface area contributed by atoms with E-state index < -0.39 is 5.91 Å². The molecule has 17 heavy (non-hydrogen) atoms. The Balaban J connectivity index is 2.05. The second-order valence-corrected chi connectivity index (χ2v) is 5.52. The Hall–Kier alpha value is -1.36. The smallest absolute Gasteiger partial charge is 0.258 e. The molecule has 0 spiro atoms. The van der Waals surface area contributed by atoms with Crippen LogP contribution in [0.4, 0.5) is 0 Å². The molecule has 0 aliphatic heterocycles. The molecule has 5 heteroatoms. The van der Waals surface area contributed by atoms with Crippen LogP contribution in [0.3, 0.4) is 0 Å². The molecule has 92 valence electrons. The lowest BCUT2D eigenvalue weighted by Gasteiger charge is -2.14. The summed E-state index contributed by atoms with van der Waals surface area (Å²) in [7, 11) is 0. The minimum atomic E-state index is -0.430. The zero-order valence-electron chi connectivity index (χ0n) is 9.56. The van der Waals surface area contributed by atoms with Crippen molar-refractivity contribution in [1.82, 2.24) is 5.32 Å². The zero-order valence-corrected chi connectivity index (χ0v) is 10.4. The highest BCUT2D eigenvalue weighted by atomic mass is 32.2. The van der Waals surface area contributed by atoms with Gasteiger partial charge in [0.1, 0.15) is 17.1 Å². The summed E-state index contributed by atoms with van der Waals surface area (Å²) in [6.45, 7) is 0.570. The quantitative estimate of drug-likeness (QED) is 0.764. The number of hydrogen-bond acceptors (Lipinski definition) is 4. The van der Waals surface area contributed by atoms with E-state index in [0.29, 0.717) is 6.54 Å². The van der Waals surface area contributed by atoms with Gasteiger partial charge in [-0.3, -0.25) is 4.79 Å². The van der Waals surface area contributed by atoms with Crippen molar-refractivity contribution in [1.29, 1.82) is 0 Å². The van der Waals surface area contributed by atoms with Crippen LogP contribution in [0.15, 0.2) is 18.2 Å². The molecule has 0 aromatic heterocycles. The molecule has 0 unspecified atom stereocenters. The first kappa shape index (κ1) is 12.1. The Bertz CT molecular complexity index is 423. The van der Waals surface area contributed by atoms with E-state index in [9.17, 15) is 15.0 Å². The third kappa shape index (κ3) is 2.49. The number of nitrogens with one attached hydrogen (secondary N) is 1. The number of carbonyl (C=O) groups excluding carboxylic acids is 1. The normalized spacial score (nSPS) is 16.5. The van der Waals surface area contributed by atoms with Gasteiger partial charge in [-0.25, -0.2) is 0 Å². The van der Waals surface area contributed by atoms with Crippen molar-refractivity contribution in [3.05, 3.63) is 23.8 Å². The van der Waals surface area contributed by atoms with Crippen molar-refractivity contribution in [2.75, 3.05) is 12.8 Å². The monoisotopic (exact) mass is 253 g/mol. The van der Waals surface area contributed by atoms with E-state index in [1.165, 1.54) is 18.2 Å². The largest absolute Gasteiger partial charge is 0.507 e. The Labute approximate surface area is 104 Å². The molecule has 0 heterocycles. The summed E-state index contributed by atoms with van der Waals surface area (Å²) in [6.07, 6.45) is 4.22. The fourth-order valence-corrected chi connectivity index (χ4v) is 2.41. The average molecular weight is 253 g/mol. The summed E-state index contributed by atoms with van der Waals surface area (Å²) in [6, 6.07) is 4.26. The van der Waals surface area contributed by atoms with Crippen molar-refractivity contribution in [2.45, 2.75) is 17.6 Å². The fourth-order valence-electron chi connectivity index (χ4n) is 1.68. The number of phenols is 2. The lowest BCUT2D eigenvalue weighted by molar-refractivity contribution is 0.0947. The topological polar surface area (TPSA) is 69.6 Å². The van der Waals surface area contributed by atoms with Gasteiger partial charge in [0.2, 0.25) is 0 Å². The van der Waals surface area contributed by atoms with Crippen LogP contribution >= 0.6 is 11.8 Å². The Morgan fingerprint density at radius 2 is 2.00 bits per heavy atom. The lowest BCUT2D eigenvalue weighted by atomic mass is 10.1. The molecule has 0 bridgehead atoms. The predicted molar refractivity (Wildman–Crippen MR) is 67.6 cm³/mol. The van der Waals surface area contributed by atoms with Crippen molar-refractivity contribution in [2.24, 2.45) is 0 Å². The van der Waals surface area contributed by atoms with Gasteiger partial charge in [-0.15, -0.1) is 0 Å². The van der Waals surface area contributed by atoms with E-state index in [0.717, 1.165) is 12.8 Å². The van der Waals surface area contributed by atoms with Gasteiger partial charge in [0.25, 0.3) is 5.91 Å². The number of hydrogen-bond donors (Lipinski definition) is 3. The van der Waals surface area contributed by atoms with Gasteiger partial charge in [0, 0.05) is 11.3 Å². The van der Waals surface area contributed by atoms with Crippen LogP contribution in [0.5, 0.6) is 11.5 Å². The SMILES string of the molecule is CSC1(CNC(=O)c2c(O)cccc2O)CC1. The van der Waals surface area contributed by atoms with Crippen molar-refractivity contribution in [3.63, 3.8) is 0 Å². The minimum Gasteiger partial charge on any atom is -0.507 e. The van der Waals surface area contributed by atoms with Gasteiger partial charge < -0.3 is 15.5 Å². The third-order valence-electron chi connectivity index (χ3n) is 3.06. The van der Waals surface area contributed by atoms with Gasteiger partial charge in [0.05, 0.1) is 0 Å². The van der Waals surface area contributed by atoms with Gasteiger partial charge in [-0.2, -0.15) is 11.8 Å². The highest BCUT2D eigenvalue weighted by Crippen LogP contribution is 2.46. The Kier molecular flexibility index (Phi) is 3.19. The molecular weight excluding hydrogens is 238 g/mol. The van der Waals surface area contributed by atoms with Crippen molar-refractivity contribution in [3.8, 4) is 11.5 Å². The molecule has 1 aromatic rings. The van der Waals surface area contributed by atoms with Crippen LogP contribution in [0.2, 0.25) is 0 Å². The van der Waals surface area contributed by atoms with Crippen LogP contribution < -0.4 is 5.32 Å². The van der Waals surface area contributed by atoms with Gasteiger partial charge in [0.15, 0.2) is 0 Å². The van der Waals surface area contributed by atoms with Crippen LogP contribution in [0, 0.1) is 0 Å². The molecule has 1 fully saturated rings. The van der Waals surface area contributed by atoms with E-state index in [-0.39, 0.29) is 21.8 Å². The first-order valence-corrected chi connectivity index (χ1v) is 6.65. The second kappa shape index (κ2) is 4.49. The molecule has 0 atom stereocenters. The van der Waals surface area contributed by atoms with Crippen molar-refractivity contribution >= 4 is 17.7 Å². The van der Waals surface area contributed by atoms with Gasteiger partial charge >= 0.3 is 0 Å². The Morgan fingerprint density at radius 1 is 1.41 bits per heavy atom. The summed E-state index contributed by atoms with van der Waals surface area (Å²) < 4.78 is 0.162. The van der Waals surface area contributed by atoms with E-state index in [4.69, 9.17) is 0 Å². The zero-order chi connectivity index (χ0) is 12.5. The summed E-state index contributed by atoms with van der Waals surface area (Å²) in [5.41, 5.74) is -0.0515. The average Bonchev–Trinajstić information content (AvgIpc) is 3.07. The maximum Gasteiger partial charge on any atom is 0.258 e. The molecule has 1 aromatic carbocycles. The molecule has 4 nitrogen and oxygen atoms in total. The third-order valence-corrected chi connectivity index (χ3v) is 4.48. The van der Waals surface area contributed by atoms with Crippen LogP contribution in [0.25, 0.3) is 0 Å². The first-order chi connectivity index (χ1) is 8.08. The van der Waals surface area contributed by atoms with E-state index in [1.54, 1.807) is 11.8 Å². The lowest BCUT2D eigenvalue weighted by Crippen LogP contribution is -2.31. The summed E-state index contributed by atoms with van der Waals surface area (Å²) >= 11 is 1.74. The molecule has 1 saturated carbocycles. The maximum absolute atomic E-state index is 11.8. The first-order valence-electron chi connectivity index (χ1n) is 5.42. The highest BCUT2D eigenvalue weighted by molar-refractivity contribution is 8.00. The summed E-state index contributed by atoms with van der Waals surface area (Å²) in [5, 5.41) is 21.8. The molecule has 2 rings (SSSR count). The fraction of sp³-hybridized carbons (Fsp3) is 0.417. The molecule has 3 N–H and O–H groups in total. The summed E-state index contributed by atoms with van der Waals surface area (Å²) in [5.74, 6) is -0.825. The molecule has 1 aliphatic rings. The number of thioether (sulfide) groups is 1. The molecular formula is C12H15NO3S.